The molecule has 0 spiro atoms. The van der Waals surface area contributed by atoms with E-state index in [4.69, 9.17) is 4.74 Å². The third-order valence-electron chi connectivity index (χ3n) is 4.64. The SMILES string of the molecule is FC(F)COc1ccn2c(-c3cccc(N[C@H]4CCC[C@@H]4F)n3)cnc2c1. The van der Waals surface area contributed by atoms with Crippen LogP contribution in [0.1, 0.15) is 19.3 Å². The van der Waals surface area contributed by atoms with Gasteiger partial charge in [-0.25, -0.2) is 23.1 Å². The minimum absolute atomic E-state index is 0.204. The number of hydrogen-bond donors (Lipinski definition) is 1. The fourth-order valence-electron chi connectivity index (χ4n) is 3.33. The molecule has 3 aromatic rings. The second-order valence-electron chi connectivity index (χ2n) is 6.54. The normalized spacial score (nSPS) is 19.7. The Hall–Kier alpha value is -2.77. The van der Waals surface area contributed by atoms with Crippen molar-refractivity contribution in [2.45, 2.75) is 37.9 Å². The van der Waals surface area contributed by atoms with E-state index in [1.807, 2.05) is 18.2 Å². The van der Waals surface area contributed by atoms with Crippen molar-refractivity contribution < 1.29 is 17.9 Å². The van der Waals surface area contributed by atoms with Gasteiger partial charge in [0, 0.05) is 12.3 Å². The third kappa shape index (κ3) is 3.84. The Morgan fingerprint density at radius 1 is 1.26 bits per heavy atom. The molecule has 1 aliphatic carbocycles. The fraction of sp³-hybridized carbons (Fsp3) is 0.368. The van der Waals surface area contributed by atoms with Gasteiger partial charge in [-0.3, -0.25) is 4.40 Å². The van der Waals surface area contributed by atoms with Crippen molar-refractivity contribution in [3.8, 4) is 17.1 Å². The molecule has 1 saturated carbocycles. The highest BCUT2D eigenvalue weighted by molar-refractivity contribution is 5.62. The largest absolute Gasteiger partial charge is 0.487 e. The number of hydrogen-bond acceptors (Lipinski definition) is 4. The smallest absolute Gasteiger partial charge is 0.272 e. The van der Waals surface area contributed by atoms with E-state index in [2.05, 4.69) is 15.3 Å². The molecule has 0 radical (unpaired) electrons. The average molecular weight is 376 g/mol. The molecular formula is C19H19F3N4O. The monoisotopic (exact) mass is 376 g/mol. The van der Waals surface area contributed by atoms with E-state index < -0.39 is 19.2 Å². The van der Waals surface area contributed by atoms with Crippen LogP contribution in [-0.2, 0) is 0 Å². The van der Waals surface area contributed by atoms with Gasteiger partial charge in [-0.1, -0.05) is 6.07 Å². The summed E-state index contributed by atoms with van der Waals surface area (Å²) in [6, 6.07) is 8.51. The first-order valence-electron chi connectivity index (χ1n) is 8.86. The third-order valence-corrected chi connectivity index (χ3v) is 4.64. The lowest BCUT2D eigenvalue weighted by Crippen LogP contribution is -2.25. The van der Waals surface area contributed by atoms with E-state index in [1.165, 1.54) is 0 Å². The van der Waals surface area contributed by atoms with Crippen LogP contribution in [0.3, 0.4) is 0 Å². The van der Waals surface area contributed by atoms with Gasteiger partial charge in [-0.05, 0) is 37.5 Å². The van der Waals surface area contributed by atoms with Gasteiger partial charge < -0.3 is 10.1 Å². The van der Waals surface area contributed by atoms with Crippen molar-refractivity contribution in [2.24, 2.45) is 0 Å². The maximum Gasteiger partial charge on any atom is 0.272 e. The Morgan fingerprint density at radius 3 is 2.93 bits per heavy atom. The summed E-state index contributed by atoms with van der Waals surface area (Å²) in [5.74, 6) is 0.951. The van der Waals surface area contributed by atoms with Crippen LogP contribution in [0.4, 0.5) is 19.0 Å². The molecule has 0 aliphatic heterocycles. The van der Waals surface area contributed by atoms with Gasteiger partial charge in [0.1, 0.15) is 30.0 Å². The molecule has 0 saturated heterocycles. The highest BCUT2D eigenvalue weighted by atomic mass is 19.3. The summed E-state index contributed by atoms with van der Waals surface area (Å²) >= 11 is 0. The number of ether oxygens (including phenoxy) is 1. The van der Waals surface area contributed by atoms with E-state index in [1.54, 1.807) is 28.9 Å². The molecule has 5 nitrogen and oxygen atoms in total. The minimum Gasteiger partial charge on any atom is -0.487 e. The number of pyridine rings is 2. The van der Waals surface area contributed by atoms with Gasteiger partial charge in [0.2, 0.25) is 0 Å². The number of rotatable bonds is 6. The molecule has 3 heterocycles. The standard InChI is InChI=1S/C19H19F3N4O/c20-13-3-1-4-14(13)24-18-6-2-5-15(25-18)16-10-23-19-9-12(7-8-26(16)19)27-11-17(21)22/h2,5-10,13-14,17H,1,3-4,11H2,(H,24,25)/t13-,14-/m0/s1. The zero-order valence-corrected chi connectivity index (χ0v) is 14.5. The summed E-state index contributed by atoms with van der Waals surface area (Å²) < 4.78 is 45.2. The number of imidazole rings is 1. The van der Waals surface area contributed by atoms with Crippen LogP contribution < -0.4 is 10.1 Å². The molecule has 3 aromatic heterocycles. The second kappa shape index (κ2) is 7.46. The molecule has 1 N–H and O–H groups in total. The van der Waals surface area contributed by atoms with Crippen molar-refractivity contribution in [1.29, 1.82) is 0 Å². The van der Waals surface area contributed by atoms with Crippen LogP contribution in [0.2, 0.25) is 0 Å². The fourth-order valence-corrected chi connectivity index (χ4v) is 3.33. The molecule has 4 rings (SSSR count). The Labute approximate surface area is 154 Å². The first-order chi connectivity index (χ1) is 13.1. The molecule has 0 amide bonds. The lowest BCUT2D eigenvalue weighted by molar-refractivity contribution is 0.0819. The molecule has 1 fully saturated rings. The van der Waals surface area contributed by atoms with Crippen LogP contribution >= 0.6 is 0 Å². The van der Waals surface area contributed by atoms with E-state index >= 15 is 0 Å². The highest BCUT2D eigenvalue weighted by Crippen LogP contribution is 2.27. The quantitative estimate of drug-likeness (QED) is 0.695. The first-order valence-corrected chi connectivity index (χ1v) is 8.86. The molecule has 0 bridgehead atoms. The molecule has 27 heavy (non-hydrogen) atoms. The van der Waals surface area contributed by atoms with Crippen LogP contribution in [-0.4, -0.2) is 39.6 Å². The van der Waals surface area contributed by atoms with E-state index in [0.29, 0.717) is 29.3 Å². The van der Waals surface area contributed by atoms with E-state index in [0.717, 1.165) is 18.5 Å². The van der Waals surface area contributed by atoms with Crippen LogP contribution in [0.25, 0.3) is 17.0 Å². The van der Waals surface area contributed by atoms with Crippen LogP contribution in [0, 0.1) is 0 Å². The number of alkyl halides is 3. The number of fused-ring (bicyclic) bond motifs is 1. The Morgan fingerprint density at radius 2 is 2.15 bits per heavy atom. The number of halogens is 3. The highest BCUT2D eigenvalue weighted by Gasteiger charge is 2.27. The van der Waals surface area contributed by atoms with Gasteiger partial charge >= 0.3 is 0 Å². The number of nitrogens with one attached hydrogen (secondary N) is 1. The van der Waals surface area contributed by atoms with Crippen molar-refractivity contribution in [3.05, 3.63) is 42.7 Å². The zero-order chi connectivity index (χ0) is 18.8. The summed E-state index contributed by atoms with van der Waals surface area (Å²) in [5.41, 5.74) is 2.00. The van der Waals surface area contributed by atoms with E-state index in [9.17, 15) is 13.2 Å². The van der Waals surface area contributed by atoms with Crippen molar-refractivity contribution in [3.63, 3.8) is 0 Å². The molecule has 0 aromatic carbocycles. The molecule has 2 atom stereocenters. The number of anilines is 1. The maximum absolute atomic E-state index is 13.8. The summed E-state index contributed by atoms with van der Waals surface area (Å²) in [4.78, 5) is 8.88. The maximum atomic E-state index is 13.8. The van der Waals surface area contributed by atoms with Crippen molar-refractivity contribution >= 4 is 11.5 Å². The van der Waals surface area contributed by atoms with E-state index in [-0.39, 0.29) is 6.04 Å². The van der Waals surface area contributed by atoms with Gasteiger partial charge in [0.15, 0.2) is 0 Å². The van der Waals surface area contributed by atoms with Crippen LogP contribution in [0.5, 0.6) is 5.75 Å². The topological polar surface area (TPSA) is 51.5 Å². The zero-order valence-electron chi connectivity index (χ0n) is 14.5. The Bertz CT molecular complexity index is 930. The van der Waals surface area contributed by atoms with Gasteiger partial charge in [0.05, 0.1) is 23.6 Å². The predicted octanol–water partition coefficient (Wildman–Crippen LogP) is 4.34. The lowest BCUT2D eigenvalue weighted by atomic mass is 10.2. The predicted molar refractivity (Wildman–Crippen MR) is 96.1 cm³/mol. The minimum atomic E-state index is -2.53. The molecule has 1 aliphatic rings. The van der Waals surface area contributed by atoms with Gasteiger partial charge in [-0.2, -0.15) is 0 Å². The molecular weight excluding hydrogens is 357 g/mol. The first kappa shape index (κ1) is 17.6. The van der Waals surface area contributed by atoms with Gasteiger partial charge in [-0.15, -0.1) is 0 Å². The number of nitrogens with zero attached hydrogens (tertiary/aromatic N) is 3. The molecule has 8 heteroatoms. The summed E-state index contributed by atoms with van der Waals surface area (Å²) in [6.07, 6.45) is 2.24. The molecule has 142 valence electrons. The van der Waals surface area contributed by atoms with Crippen molar-refractivity contribution in [1.82, 2.24) is 14.4 Å². The van der Waals surface area contributed by atoms with Crippen LogP contribution in [0.15, 0.2) is 42.7 Å². The summed E-state index contributed by atoms with van der Waals surface area (Å²) in [7, 11) is 0. The molecule has 0 unspecified atom stereocenters. The second-order valence-corrected chi connectivity index (χ2v) is 6.54. The Balaban J connectivity index is 1.57. The number of aromatic nitrogens is 3. The summed E-state index contributed by atoms with van der Waals surface area (Å²) in [5, 5.41) is 3.17. The summed E-state index contributed by atoms with van der Waals surface area (Å²) in [6.45, 7) is -0.657. The Kier molecular flexibility index (Phi) is 4.87. The average Bonchev–Trinajstić information content (AvgIpc) is 3.26. The van der Waals surface area contributed by atoms with Crippen molar-refractivity contribution in [2.75, 3.05) is 11.9 Å². The lowest BCUT2D eigenvalue weighted by Gasteiger charge is -2.16. The van der Waals surface area contributed by atoms with Gasteiger partial charge in [0.25, 0.3) is 6.43 Å².